The quantitative estimate of drug-likeness (QED) is 0.108. The van der Waals surface area contributed by atoms with Crippen molar-refractivity contribution in [2.24, 2.45) is 21.0 Å². The fourth-order valence-corrected chi connectivity index (χ4v) is 3.25. The van der Waals surface area contributed by atoms with Crippen molar-refractivity contribution in [1.82, 2.24) is 5.43 Å². The number of guanidine groups is 1. The van der Waals surface area contributed by atoms with Gasteiger partial charge in [-0.05, 0) is 46.9 Å². The van der Waals surface area contributed by atoms with Crippen LogP contribution in [0.4, 0.5) is 0 Å². The highest BCUT2D eigenvalue weighted by molar-refractivity contribution is 6.15. The van der Waals surface area contributed by atoms with Crippen molar-refractivity contribution in [2.45, 2.75) is 6.92 Å². The molecule has 0 atom stereocenters. The van der Waals surface area contributed by atoms with E-state index in [9.17, 15) is 0 Å². The number of hydrazone groups is 1. The number of hydrogen-bond acceptors (Lipinski definition) is 3. The van der Waals surface area contributed by atoms with Gasteiger partial charge in [0.15, 0.2) is 0 Å². The molecule has 0 aliphatic heterocycles. The van der Waals surface area contributed by atoms with E-state index < -0.39 is 0 Å². The lowest BCUT2D eigenvalue weighted by Gasteiger charge is -2.04. The lowest BCUT2D eigenvalue weighted by atomic mass is 10.0. The van der Waals surface area contributed by atoms with Gasteiger partial charge in [-0.25, -0.2) is 5.43 Å². The molecule has 0 aliphatic carbocycles. The topological polar surface area (TPSA) is 75.1 Å². The Morgan fingerprint density at radius 1 is 0.784 bits per heavy atom. The van der Waals surface area contributed by atoms with E-state index >= 15 is 0 Å². The Balaban J connectivity index is 1.76. The van der Waals surface area contributed by atoms with E-state index in [1.165, 1.54) is 0 Å². The van der Waals surface area contributed by atoms with Crippen LogP contribution in [0.1, 0.15) is 23.6 Å². The molecule has 0 aromatic heterocycles. The van der Waals surface area contributed by atoms with Crippen LogP contribution < -0.4 is 11.2 Å². The van der Waals surface area contributed by atoms with Gasteiger partial charge in [-0.1, -0.05) is 122 Å². The molecule has 0 bridgehead atoms. The Morgan fingerprint density at radius 3 is 2.00 bits per heavy atom. The summed E-state index contributed by atoms with van der Waals surface area (Å²) in [5, 5.41) is 12.5. The average Bonchev–Trinajstić information content (AvgIpc) is 2.93. The smallest absolute Gasteiger partial charge is 0.234 e. The molecule has 3 aromatic carbocycles. The second-order valence-corrected chi connectivity index (χ2v) is 7.96. The van der Waals surface area contributed by atoms with Crippen molar-refractivity contribution >= 4 is 36.1 Å². The van der Waals surface area contributed by atoms with Gasteiger partial charge in [-0.3, -0.25) is 0 Å². The first-order valence-corrected chi connectivity index (χ1v) is 11.9. The first-order chi connectivity index (χ1) is 18.2. The predicted molar refractivity (Wildman–Crippen MR) is 160 cm³/mol. The molecule has 3 rings (SSSR count). The molecule has 37 heavy (non-hydrogen) atoms. The highest BCUT2D eigenvalue weighted by Crippen LogP contribution is 2.16. The van der Waals surface area contributed by atoms with E-state index in [4.69, 9.17) is 5.73 Å². The monoisotopic (exact) mass is 485 g/mol. The van der Waals surface area contributed by atoms with E-state index in [1.54, 1.807) is 18.5 Å². The first kappa shape index (κ1) is 26.6. The summed E-state index contributed by atoms with van der Waals surface area (Å²) in [5.74, 6) is 0.0758. The average molecular weight is 486 g/mol. The van der Waals surface area contributed by atoms with Gasteiger partial charge in [-0.2, -0.15) is 10.2 Å². The summed E-state index contributed by atoms with van der Waals surface area (Å²) >= 11 is 0. The Morgan fingerprint density at radius 2 is 1.38 bits per heavy atom. The zero-order valence-corrected chi connectivity index (χ0v) is 20.9. The molecular weight excluding hydrogens is 454 g/mol. The van der Waals surface area contributed by atoms with Crippen LogP contribution >= 0.6 is 0 Å². The largest absolute Gasteiger partial charge is 0.367 e. The van der Waals surface area contributed by atoms with E-state index in [0.717, 1.165) is 33.4 Å². The first-order valence-electron chi connectivity index (χ1n) is 11.9. The van der Waals surface area contributed by atoms with Crippen molar-refractivity contribution in [3.63, 3.8) is 0 Å². The third-order valence-corrected chi connectivity index (χ3v) is 5.14. The highest BCUT2D eigenvalue weighted by atomic mass is 15.4. The fourth-order valence-electron chi connectivity index (χ4n) is 3.25. The van der Waals surface area contributed by atoms with Crippen molar-refractivity contribution < 1.29 is 0 Å². The number of rotatable bonds is 10. The molecule has 5 heteroatoms. The lowest BCUT2D eigenvalue weighted by molar-refractivity contribution is 0.995. The van der Waals surface area contributed by atoms with Crippen molar-refractivity contribution in [2.75, 3.05) is 0 Å². The molecule has 0 heterocycles. The standard InChI is InChI=1S/C32H31N5/c1-3-4-8-15-26(2)30(22-27-16-9-5-10-17-27)24-34-36-32(33)37-35-25-31(29-20-13-7-14-21-29)23-28-18-11-6-12-19-28/h3-25H,1H2,2H3,(H3,33,36,37)/b8-4-,26-15+,30-22-,31-23-,34-24+,35-25+. The number of nitrogens with two attached hydrogens (primary N) is 1. The second kappa shape index (κ2) is 15.1. The van der Waals surface area contributed by atoms with Crippen LogP contribution in [0, 0.1) is 0 Å². The minimum absolute atomic E-state index is 0.0758. The number of nitrogens with one attached hydrogen (secondary N) is 1. The van der Waals surface area contributed by atoms with Gasteiger partial charge < -0.3 is 5.73 Å². The summed E-state index contributed by atoms with van der Waals surface area (Å²) in [5.41, 5.74) is 14.8. The molecule has 0 saturated heterocycles. The van der Waals surface area contributed by atoms with Crippen LogP contribution in [0.25, 0.3) is 17.7 Å². The summed E-state index contributed by atoms with van der Waals surface area (Å²) in [6, 6.07) is 30.1. The van der Waals surface area contributed by atoms with Crippen LogP contribution in [0.5, 0.6) is 0 Å². The van der Waals surface area contributed by atoms with Gasteiger partial charge in [0, 0.05) is 5.57 Å². The van der Waals surface area contributed by atoms with Gasteiger partial charge in [-0.15, -0.1) is 5.10 Å². The maximum Gasteiger partial charge on any atom is 0.234 e. The third-order valence-electron chi connectivity index (χ3n) is 5.14. The molecule has 0 saturated carbocycles. The molecular formula is C32H31N5. The Hall–Kier alpha value is -5.03. The third kappa shape index (κ3) is 9.62. The normalized spacial score (nSPS) is 13.5. The summed E-state index contributed by atoms with van der Waals surface area (Å²) in [6.45, 7) is 5.71. The van der Waals surface area contributed by atoms with Crippen molar-refractivity contribution in [3.8, 4) is 0 Å². The second-order valence-electron chi connectivity index (χ2n) is 7.96. The molecule has 0 aliphatic rings. The molecule has 0 fully saturated rings. The lowest BCUT2D eigenvalue weighted by Crippen LogP contribution is -2.26. The van der Waals surface area contributed by atoms with Crippen molar-refractivity contribution in [3.05, 3.63) is 150 Å². The molecule has 0 unspecified atom stereocenters. The van der Waals surface area contributed by atoms with Gasteiger partial charge in [0.2, 0.25) is 5.96 Å². The summed E-state index contributed by atoms with van der Waals surface area (Å²) in [4.78, 5) is 0. The Bertz CT molecular complexity index is 1340. The minimum Gasteiger partial charge on any atom is -0.367 e. The van der Waals surface area contributed by atoms with Crippen LogP contribution in [0.3, 0.4) is 0 Å². The van der Waals surface area contributed by atoms with Crippen LogP contribution in [-0.4, -0.2) is 18.4 Å². The number of nitrogens with zero attached hydrogens (tertiary/aromatic N) is 3. The number of benzene rings is 3. The molecule has 0 amide bonds. The molecule has 0 radical (unpaired) electrons. The summed E-state index contributed by atoms with van der Waals surface area (Å²) < 4.78 is 0. The predicted octanol–water partition coefficient (Wildman–Crippen LogP) is 6.88. The van der Waals surface area contributed by atoms with Gasteiger partial charge >= 0.3 is 0 Å². The number of hydrogen-bond donors (Lipinski definition) is 2. The van der Waals surface area contributed by atoms with E-state index in [2.05, 4.69) is 33.4 Å². The maximum atomic E-state index is 6.00. The van der Waals surface area contributed by atoms with Crippen molar-refractivity contribution in [1.29, 1.82) is 0 Å². The van der Waals surface area contributed by atoms with E-state index in [-0.39, 0.29) is 5.96 Å². The fraction of sp³-hybridized carbons (Fsp3) is 0.0312. The number of allylic oxidation sites excluding steroid dienone is 7. The Kier molecular flexibility index (Phi) is 10.8. The molecule has 5 nitrogen and oxygen atoms in total. The van der Waals surface area contributed by atoms with E-state index in [1.807, 2.05) is 122 Å². The maximum absolute atomic E-state index is 6.00. The molecule has 3 aromatic rings. The molecule has 184 valence electrons. The minimum atomic E-state index is 0.0758. The zero-order chi connectivity index (χ0) is 26.1. The van der Waals surface area contributed by atoms with Crippen LogP contribution in [-0.2, 0) is 0 Å². The van der Waals surface area contributed by atoms with Gasteiger partial charge in [0.25, 0.3) is 0 Å². The van der Waals surface area contributed by atoms with E-state index in [0.29, 0.717) is 0 Å². The van der Waals surface area contributed by atoms with Crippen LogP contribution in [0.15, 0.2) is 148 Å². The SMILES string of the molecule is C=C\C=C/C=C(C)/C(/C=N/N=C(N)N/N=C/C(=C/c1ccccc1)c1ccccc1)=C\c1ccccc1. The highest BCUT2D eigenvalue weighted by Gasteiger charge is 2.00. The van der Waals surface area contributed by atoms with Gasteiger partial charge in [0.05, 0.1) is 12.4 Å². The zero-order valence-electron chi connectivity index (χ0n) is 20.9. The molecule has 3 N–H and O–H groups in total. The summed E-state index contributed by atoms with van der Waals surface area (Å²) in [6.07, 6.45) is 15.0. The Labute approximate surface area is 219 Å². The van der Waals surface area contributed by atoms with Gasteiger partial charge in [0.1, 0.15) is 0 Å². The van der Waals surface area contributed by atoms with Crippen LogP contribution in [0.2, 0.25) is 0 Å². The summed E-state index contributed by atoms with van der Waals surface area (Å²) in [7, 11) is 0. The molecule has 0 spiro atoms.